The summed E-state index contributed by atoms with van der Waals surface area (Å²) in [6, 6.07) is 6.44. The summed E-state index contributed by atoms with van der Waals surface area (Å²) in [4.78, 5) is 4.14. The van der Waals surface area contributed by atoms with E-state index < -0.39 is 0 Å². The van der Waals surface area contributed by atoms with Gasteiger partial charge in [0, 0.05) is 23.7 Å². The topological polar surface area (TPSA) is 66.3 Å². The van der Waals surface area contributed by atoms with Crippen LogP contribution in [0.4, 0.5) is 0 Å². The summed E-state index contributed by atoms with van der Waals surface area (Å²) >= 11 is 0. The number of aryl methyl sites for hydroxylation is 1. The molecule has 1 aliphatic rings. The third-order valence-electron chi connectivity index (χ3n) is 4.69. The van der Waals surface area contributed by atoms with Crippen LogP contribution in [0.5, 0.6) is 0 Å². The van der Waals surface area contributed by atoms with Crippen LogP contribution in [0.2, 0.25) is 0 Å². The van der Waals surface area contributed by atoms with E-state index in [4.69, 9.17) is 0 Å². The highest BCUT2D eigenvalue weighted by molar-refractivity contribution is 5.99. The molecule has 1 aliphatic heterocycles. The number of amidine groups is 1. The lowest BCUT2D eigenvalue weighted by Crippen LogP contribution is -2.35. The normalized spacial score (nSPS) is 14.9. The molecule has 1 aromatic carbocycles. The lowest BCUT2D eigenvalue weighted by atomic mass is 9.91. The highest BCUT2D eigenvalue weighted by Gasteiger charge is 2.13. The molecule has 2 heterocycles. The van der Waals surface area contributed by atoms with E-state index in [2.05, 4.69) is 78.2 Å². The van der Waals surface area contributed by atoms with Gasteiger partial charge in [0.2, 0.25) is 0 Å². The quantitative estimate of drug-likeness (QED) is 0.656. The Morgan fingerprint density at radius 3 is 2.67 bits per heavy atom. The molecule has 0 fully saturated rings. The summed E-state index contributed by atoms with van der Waals surface area (Å²) in [5, 5.41) is 4.18. The molecule has 0 atom stereocenters. The summed E-state index contributed by atoms with van der Waals surface area (Å²) < 4.78 is 1.98. The van der Waals surface area contributed by atoms with Gasteiger partial charge in [0.1, 0.15) is 0 Å². The number of nitrogens with zero attached hydrogens (tertiary/aromatic N) is 3. The minimum atomic E-state index is 0.788. The van der Waals surface area contributed by atoms with E-state index in [-0.39, 0.29) is 0 Å². The van der Waals surface area contributed by atoms with Crippen LogP contribution in [-0.4, -0.2) is 15.4 Å². The molecule has 2 aromatic rings. The molecule has 3 N–H and O–H groups in total. The van der Waals surface area contributed by atoms with Gasteiger partial charge in [-0.1, -0.05) is 32.6 Å². The molecule has 6 nitrogen and oxygen atoms in total. The number of allylic oxidation sites excluding steroid dienone is 5. The second-order valence-corrected chi connectivity index (χ2v) is 6.31. The minimum Gasteiger partial charge on any atom is -0.306 e. The number of hydrogen-bond acceptors (Lipinski definition) is 5. The Morgan fingerprint density at radius 1 is 1.26 bits per heavy atom. The fourth-order valence-electron chi connectivity index (χ4n) is 3.31. The van der Waals surface area contributed by atoms with Gasteiger partial charge in [-0.15, -0.1) is 10.6 Å². The number of benzene rings is 1. The molecule has 0 radical (unpaired) electrons. The van der Waals surface area contributed by atoms with Crippen molar-refractivity contribution in [3.63, 3.8) is 0 Å². The maximum absolute atomic E-state index is 4.18. The largest absolute Gasteiger partial charge is 0.306 e. The number of hydrazone groups is 1. The molecule has 27 heavy (non-hydrogen) atoms. The van der Waals surface area contributed by atoms with E-state index in [1.807, 2.05) is 16.8 Å². The first kappa shape index (κ1) is 18.7. The van der Waals surface area contributed by atoms with E-state index in [9.17, 15) is 0 Å². The number of aromatic nitrogens is 2. The maximum Gasteiger partial charge on any atom is 0.170 e. The molecule has 3 rings (SSSR count). The van der Waals surface area contributed by atoms with E-state index in [1.54, 1.807) is 12.5 Å². The summed E-state index contributed by atoms with van der Waals surface area (Å²) in [6.45, 7) is 10.5. The van der Waals surface area contributed by atoms with Gasteiger partial charge < -0.3 is 4.57 Å². The molecule has 0 unspecified atom stereocenters. The van der Waals surface area contributed by atoms with Gasteiger partial charge >= 0.3 is 0 Å². The Labute approximate surface area is 160 Å². The molecule has 0 bridgehead atoms. The van der Waals surface area contributed by atoms with E-state index in [0.29, 0.717) is 0 Å². The second kappa shape index (κ2) is 8.51. The molecular formula is C21H26N6. The second-order valence-electron chi connectivity index (χ2n) is 6.31. The van der Waals surface area contributed by atoms with Crippen LogP contribution in [0.25, 0.3) is 11.3 Å². The van der Waals surface area contributed by atoms with Crippen LogP contribution in [0, 0.1) is 6.92 Å². The smallest absolute Gasteiger partial charge is 0.170 e. The van der Waals surface area contributed by atoms with Crippen molar-refractivity contribution in [3.8, 4) is 0 Å². The third-order valence-corrected chi connectivity index (χ3v) is 4.69. The van der Waals surface area contributed by atoms with Gasteiger partial charge in [0.15, 0.2) is 5.84 Å². The standard InChI is InChI=1S/C21H26N6/c1-5-16(13-18(6-2)27-11-10-22-14-27)19(7-3)20-9-8-17(12-15(20)4)21-23-25-26-24-21/h6,8-14,25-26H,2,5,7H2,1,3-4H3,(H,23,24)/b18-13+,19-16+. The van der Waals surface area contributed by atoms with Gasteiger partial charge in [-0.25, -0.2) is 10.5 Å². The first-order valence-corrected chi connectivity index (χ1v) is 9.17. The predicted octanol–water partition coefficient (Wildman–Crippen LogP) is 3.77. The van der Waals surface area contributed by atoms with Crippen LogP contribution in [0.1, 0.15) is 43.4 Å². The van der Waals surface area contributed by atoms with E-state index in [1.165, 1.54) is 22.3 Å². The summed E-state index contributed by atoms with van der Waals surface area (Å²) in [5.74, 6) is 0.788. The number of nitrogens with one attached hydrogen (secondary N) is 3. The summed E-state index contributed by atoms with van der Waals surface area (Å²) in [6.07, 6.45) is 11.5. The molecule has 0 saturated carbocycles. The predicted molar refractivity (Wildman–Crippen MR) is 111 cm³/mol. The van der Waals surface area contributed by atoms with Crippen LogP contribution < -0.4 is 16.5 Å². The number of rotatable bonds is 7. The molecule has 1 aromatic heterocycles. The zero-order valence-electron chi connectivity index (χ0n) is 16.1. The fraction of sp³-hybridized carbons (Fsp3) is 0.238. The van der Waals surface area contributed by atoms with E-state index >= 15 is 0 Å². The summed E-state index contributed by atoms with van der Waals surface area (Å²) in [7, 11) is 0. The van der Waals surface area contributed by atoms with Gasteiger partial charge in [-0.3, -0.25) is 5.43 Å². The average Bonchev–Trinajstić information content (AvgIpc) is 3.39. The Kier molecular flexibility index (Phi) is 5.88. The summed E-state index contributed by atoms with van der Waals surface area (Å²) in [5.41, 5.74) is 15.7. The molecule has 0 saturated heterocycles. The minimum absolute atomic E-state index is 0.788. The number of imidazole rings is 1. The fourth-order valence-corrected chi connectivity index (χ4v) is 3.31. The van der Waals surface area contributed by atoms with Crippen molar-refractivity contribution >= 4 is 17.1 Å². The van der Waals surface area contributed by atoms with Crippen molar-refractivity contribution in [2.45, 2.75) is 33.6 Å². The molecule has 0 amide bonds. The van der Waals surface area contributed by atoms with Gasteiger partial charge in [-0.2, -0.15) is 0 Å². The van der Waals surface area contributed by atoms with Gasteiger partial charge in [0.25, 0.3) is 0 Å². The molecule has 140 valence electrons. The van der Waals surface area contributed by atoms with Crippen LogP contribution in [0.15, 0.2) is 66.3 Å². The monoisotopic (exact) mass is 362 g/mol. The first-order chi connectivity index (χ1) is 13.2. The zero-order chi connectivity index (χ0) is 19.2. The first-order valence-electron chi connectivity index (χ1n) is 9.17. The zero-order valence-corrected chi connectivity index (χ0v) is 16.1. The van der Waals surface area contributed by atoms with Crippen molar-refractivity contribution in [1.29, 1.82) is 0 Å². The van der Waals surface area contributed by atoms with Gasteiger partial charge in [0.05, 0.1) is 6.33 Å². The Morgan fingerprint density at radius 2 is 2.11 bits per heavy atom. The van der Waals surface area contributed by atoms with Crippen molar-refractivity contribution in [2.24, 2.45) is 5.10 Å². The van der Waals surface area contributed by atoms with Crippen molar-refractivity contribution in [3.05, 3.63) is 77.9 Å². The SMILES string of the molecule is C=C/C(=C\C(CC)=C(/CC)c1ccc(C2=NNNN2)cc1C)n1ccnc1. The lowest BCUT2D eigenvalue weighted by Gasteiger charge is -2.15. The van der Waals surface area contributed by atoms with Gasteiger partial charge in [-0.05, 0) is 60.3 Å². The molecular weight excluding hydrogens is 336 g/mol. The molecule has 0 aliphatic carbocycles. The molecule has 6 heteroatoms. The lowest BCUT2D eigenvalue weighted by molar-refractivity contribution is 0.577. The Hall–Kier alpha value is -3.12. The average molecular weight is 362 g/mol. The highest BCUT2D eigenvalue weighted by Crippen LogP contribution is 2.29. The Balaban J connectivity index is 2.04. The molecule has 0 spiro atoms. The van der Waals surface area contributed by atoms with Crippen LogP contribution >= 0.6 is 0 Å². The van der Waals surface area contributed by atoms with Crippen molar-refractivity contribution < 1.29 is 0 Å². The van der Waals surface area contributed by atoms with E-state index in [0.717, 1.165) is 29.9 Å². The van der Waals surface area contributed by atoms with Crippen LogP contribution in [-0.2, 0) is 0 Å². The van der Waals surface area contributed by atoms with Crippen molar-refractivity contribution in [1.82, 2.24) is 26.0 Å². The number of hydrogen-bond donors (Lipinski definition) is 3. The highest BCUT2D eigenvalue weighted by atomic mass is 15.8. The maximum atomic E-state index is 4.18. The third kappa shape index (κ3) is 4.01. The van der Waals surface area contributed by atoms with Crippen molar-refractivity contribution in [2.75, 3.05) is 0 Å². The number of hydrazine groups is 2. The van der Waals surface area contributed by atoms with Crippen LogP contribution in [0.3, 0.4) is 0 Å². The Bertz CT molecular complexity index is 903.